The Morgan fingerprint density at radius 3 is 2.18 bits per heavy atom. The summed E-state index contributed by atoms with van der Waals surface area (Å²) in [6.07, 6.45) is 4.72. The SMILES string of the molecule is CC(C)(C)C(=O)CC1CCC1. The molecule has 0 aromatic rings. The van der Waals surface area contributed by atoms with Gasteiger partial charge in [0.15, 0.2) is 0 Å². The van der Waals surface area contributed by atoms with Gasteiger partial charge in [0.25, 0.3) is 0 Å². The molecule has 0 saturated heterocycles. The Kier molecular flexibility index (Phi) is 2.36. The van der Waals surface area contributed by atoms with Crippen molar-refractivity contribution in [2.45, 2.75) is 46.5 Å². The maximum absolute atomic E-state index is 11.5. The van der Waals surface area contributed by atoms with Gasteiger partial charge in [0.1, 0.15) is 5.78 Å². The maximum Gasteiger partial charge on any atom is 0.138 e. The lowest BCUT2D eigenvalue weighted by Crippen LogP contribution is -2.25. The molecular formula is C10H18O. The van der Waals surface area contributed by atoms with Crippen molar-refractivity contribution in [3.8, 4) is 0 Å². The van der Waals surface area contributed by atoms with Crippen LogP contribution in [0.5, 0.6) is 0 Å². The Morgan fingerprint density at radius 1 is 1.36 bits per heavy atom. The van der Waals surface area contributed by atoms with E-state index in [0.717, 1.165) is 12.3 Å². The van der Waals surface area contributed by atoms with Gasteiger partial charge in [0.05, 0.1) is 0 Å². The molecule has 64 valence electrons. The molecule has 0 amide bonds. The molecule has 0 bridgehead atoms. The van der Waals surface area contributed by atoms with Gasteiger partial charge >= 0.3 is 0 Å². The van der Waals surface area contributed by atoms with Gasteiger partial charge in [-0.15, -0.1) is 0 Å². The van der Waals surface area contributed by atoms with Crippen molar-refractivity contribution < 1.29 is 4.79 Å². The monoisotopic (exact) mass is 154 g/mol. The van der Waals surface area contributed by atoms with Crippen molar-refractivity contribution in [3.05, 3.63) is 0 Å². The summed E-state index contributed by atoms with van der Waals surface area (Å²) in [4.78, 5) is 11.5. The number of hydrogen-bond acceptors (Lipinski definition) is 1. The number of carbonyl (C=O) groups is 1. The fourth-order valence-corrected chi connectivity index (χ4v) is 1.27. The van der Waals surface area contributed by atoms with E-state index in [4.69, 9.17) is 0 Å². The molecule has 1 nitrogen and oxygen atoms in total. The predicted octanol–water partition coefficient (Wildman–Crippen LogP) is 2.79. The molecule has 0 aliphatic heterocycles. The van der Waals surface area contributed by atoms with Crippen LogP contribution in [0.1, 0.15) is 46.5 Å². The molecule has 0 unspecified atom stereocenters. The molecule has 0 N–H and O–H groups in total. The molecule has 1 rings (SSSR count). The first kappa shape index (κ1) is 8.76. The predicted molar refractivity (Wildman–Crippen MR) is 46.4 cm³/mol. The van der Waals surface area contributed by atoms with E-state index in [-0.39, 0.29) is 5.41 Å². The van der Waals surface area contributed by atoms with Crippen LogP contribution in [0.15, 0.2) is 0 Å². The smallest absolute Gasteiger partial charge is 0.138 e. The third-order valence-corrected chi connectivity index (χ3v) is 2.54. The maximum atomic E-state index is 11.5. The molecule has 0 spiro atoms. The molecule has 0 atom stereocenters. The van der Waals surface area contributed by atoms with Crippen molar-refractivity contribution in [2.75, 3.05) is 0 Å². The van der Waals surface area contributed by atoms with Crippen LogP contribution in [0.25, 0.3) is 0 Å². The third-order valence-electron chi connectivity index (χ3n) is 2.54. The number of hydrogen-bond donors (Lipinski definition) is 0. The van der Waals surface area contributed by atoms with Crippen LogP contribution < -0.4 is 0 Å². The lowest BCUT2D eigenvalue weighted by Gasteiger charge is -2.27. The number of ketones is 1. The van der Waals surface area contributed by atoms with E-state index in [2.05, 4.69) is 0 Å². The van der Waals surface area contributed by atoms with Crippen molar-refractivity contribution >= 4 is 5.78 Å². The normalized spacial score (nSPS) is 19.5. The van der Waals surface area contributed by atoms with Crippen molar-refractivity contribution in [2.24, 2.45) is 11.3 Å². The molecule has 1 heteroatoms. The minimum atomic E-state index is -0.115. The zero-order valence-corrected chi connectivity index (χ0v) is 7.81. The molecule has 0 radical (unpaired) electrons. The van der Waals surface area contributed by atoms with Gasteiger partial charge in [0, 0.05) is 11.8 Å². The highest BCUT2D eigenvalue weighted by Crippen LogP contribution is 2.32. The second-order valence-electron chi connectivity index (χ2n) is 4.67. The second-order valence-corrected chi connectivity index (χ2v) is 4.67. The number of rotatable bonds is 2. The van der Waals surface area contributed by atoms with E-state index < -0.39 is 0 Å². The lowest BCUT2D eigenvalue weighted by molar-refractivity contribution is -0.127. The summed E-state index contributed by atoms with van der Waals surface area (Å²) in [7, 11) is 0. The van der Waals surface area contributed by atoms with Crippen LogP contribution in [0.4, 0.5) is 0 Å². The van der Waals surface area contributed by atoms with E-state index in [0.29, 0.717) is 5.78 Å². The first-order valence-corrected chi connectivity index (χ1v) is 4.53. The van der Waals surface area contributed by atoms with Crippen LogP contribution in [-0.4, -0.2) is 5.78 Å². The minimum Gasteiger partial charge on any atom is -0.299 e. The van der Waals surface area contributed by atoms with E-state index in [9.17, 15) is 4.79 Å². The Balaban J connectivity index is 2.30. The zero-order valence-electron chi connectivity index (χ0n) is 7.81. The molecule has 1 fully saturated rings. The summed E-state index contributed by atoms with van der Waals surface area (Å²) < 4.78 is 0. The lowest BCUT2D eigenvalue weighted by atomic mass is 9.77. The van der Waals surface area contributed by atoms with Gasteiger partial charge in [0.2, 0.25) is 0 Å². The van der Waals surface area contributed by atoms with Gasteiger partial charge in [-0.1, -0.05) is 40.0 Å². The van der Waals surface area contributed by atoms with Crippen molar-refractivity contribution in [1.82, 2.24) is 0 Å². The van der Waals surface area contributed by atoms with Gasteiger partial charge in [-0.3, -0.25) is 4.79 Å². The molecule has 1 aliphatic carbocycles. The fourth-order valence-electron chi connectivity index (χ4n) is 1.27. The molecule has 0 aromatic heterocycles. The summed E-state index contributed by atoms with van der Waals surface area (Å²) in [5, 5.41) is 0. The highest BCUT2D eigenvalue weighted by Gasteiger charge is 2.27. The molecule has 11 heavy (non-hydrogen) atoms. The largest absolute Gasteiger partial charge is 0.299 e. The average Bonchev–Trinajstić information content (AvgIpc) is 1.75. The Bertz CT molecular complexity index is 149. The standard InChI is InChI=1S/C10H18O/c1-10(2,3)9(11)7-8-5-4-6-8/h8H,4-7H2,1-3H3. The first-order valence-electron chi connectivity index (χ1n) is 4.53. The van der Waals surface area contributed by atoms with Gasteiger partial charge in [-0.25, -0.2) is 0 Å². The molecule has 1 aliphatic rings. The molecular weight excluding hydrogens is 136 g/mol. The summed E-state index contributed by atoms with van der Waals surface area (Å²) in [5.74, 6) is 1.16. The Labute approximate surface area is 69.2 Å². The average molecular weight is 154 g/mol. The minimum absolute atomic E-state index is 0.115. The highest BCUT2D eigenvalue weighted by atomic mass is 16.1. The van der Waals surface area contributed by atoms with E-state index in [1.807, 2.05) is 20.8 Å². The number of carbonyl (C=O) groups excluding carboxylic acids is 1. The number of Topliss-reactive ketones (excluding diaryl/α,β-unsaturated/α-hetero) is 1. The van der Waals surface area contributed by atoms with Gasteiger partial charge in [-0.2, -0.15) is 0 Å². The zero-order chi connectivity index (χ0) is 8.48. The van der Waals surface area contributed by atoms with Gasteiger partial charge in [-0.05, 0) is 5.92 Å². The quantitative estimate of drug-likeness (QED) is 0.597. The second kappa shape index (κ2) is 2.96. The first-order chi connectivity index (χ1) is 5.00. The summed E-state index contributed by atoms with van der Waals surface area (Å²) >= 11 is 0. The van der Waals surface area contributed by atoms with Crippen LogP contribution in [-0.2, 0) is 4.79 Å². The molecule has 0 aromatic carbocycles. The Hall–Kier alpha value is -0.330. The highest BCUT2D eigenvalue weighted by molar-refractivity contribution is 5.83. The van der Waals surface area contributed by atoms with Crippen LogP contribution >= 0.6 is 0 Å². The van der Waals surface area contributed by atoms with E-state index in [1.165, 1.54) is 19.3 Å². The van der Waals surface area contributed by atoms with Crippen molar-refractivity contribution in [1.29, 1.82) is 0 Å². The fraction of sp³-hybridized carbons (Fsp3) is 0.900. The molecule has 1 saturated carbocycles. The van der Waals surface area contributed by atoms with Crippen molar-refractivity contribution in [3.63, 3.8) is 0 Å². The summed E-state index contributed by atoms with van der Waals surface area (Å²) in [6.45, 7) is 6.02. The van der Waals surface area contributed by atoms with Crippen LogP contribution in [0.3, 0.4) is 0 Å². The Morgan fingerprint density at radius 2 is 1.91 bits per heavy atom. The van der Waals surface area contributed by atoms with E-state index >= 15 is 0 Å². The molecule has 0 heterocycles. The van der Waals surface area contributed by atoms with Gasteiger partial charge < -0.3 is 0 Å². The topological polar surface area (TPSA) is 17.1 Å². The van der Waals surface area contributed by atoms with E-state index in [1.54, 1.807) is 0 Å². The summed E-state index contributed by atoms with van der Waals surface area (Å²) in [5.41, 5.74) is -0.115. The summed E-state index contributed by atoms with van der Waals surface area (Å²) in [6, 6.07) is 0. The third kappa shape index (κ3) is 2.32. The van der Waals surface area contributed by atoms with Crippen LogP contribution in [0, 0.1) is 11.3 Å². The van der Waals surface area contributed by atoms with Crippen LogP contribution in [0.2, 0.25) is 0 Å².